The molecule has 0 spiro atoms. The summed E-state index contributed by atoms with van der Waals surface area (Å²) in [5, 5.41) is 3.38. The van der Waals surface area contributed by atoms with Crippen molar-refractivity contribution in [3.8, 4) is 0 Å². The third kappa shape index (κ3) is 5.50. The molecule has 1 heterocycles. The van der Waals surface area contributed by atoms with E-state index in [-0.39, 0.29) is 5.97 Å². The summed E-state index contributed by atoms with van der Waals surface area (Å²) in [5.41, 5.74) is 0. The van der Waals surface area contributed by atoms with Crippen LogP contribution < -0.4 is 5.32 Å². The highest BCUT2D eigenvalue weighted by molar-refractivity contribution is 5.71. The number of carbonyl (C=O) groups is 1. The zero-order valence-corrected chi connectivity index (χ0v) is 11.2. The van der Waals surface area contributed by atoms with Crippen LogP contribution in [0.5, 0.6) is 0 Å². The van der Waals surface area contributed by atoms with E-state index in [4.69, 9.17) is 4.74 Å². The van der Waals surface area contributed by atoms with Crippen molar-refractivity contribution in [2.24, 2.45) is 0 Å². The smallest absolute Gasteiger partial charge is 0.320 e. The maximum atomic E-state index is 11.6. The van der Waals surface area contributed by atoms with Gasteiger partial charge in [0.15, 0.2) is 0 Å². The zero-order valence-electron chi connectivity index (χ0n) is 11.2. The van der Waals surface area contributed by atoms with E-state index in [9.17, 15) is 4.79 Å². The number of esters is 1. The van der Waals surface area contributed by atoms with Gasteiger partial charge in [0.05, 0.1) is 13.2 Å². The minimum atomic E-state index is -0.0779. The van der Waals surface area contributed by atoms with Crippen LogP contribution in [-0.2, 0) is 9.53 Å². The minimum Gasteiger partial charge on any atom is -0.465 e. The molecule has 4 nitrogen and oxygen atoms in total. The Hall–Kier alpha value is -0.610. The molecule has 0 bridgehead atoms. The highest BCUT2D eigenvalue weighted by Gasteiger charge is 2.21. The van der Waals surface area contributed by atoms with E-state index in [0.29, 0.717) is 19.2 Å². The van der Waals surface area contributed by atoms with Crippen LogP contribution in [0.2, 0.25) is 0 Å². The molecule has 4 heteroatoms. The van der Waals surface area contributed by atoms with Gasteiger partial charge in [-0.2, -0.15) is 0 Å². The Morgan fingerprint density at radius 1 is 1.47 bits per heavy atom. The van der Waals surface area contributed by atoms with Crippen molar-refractivity contribution >= 4 is 5.97 Å². The first-order chi connectivity index (χ1) is 8.27. The lowest BCUT2D eigenvalue weighted by atomic mass is 10.1. The summed E-state index contributed by atoms with van der Waals surface area (Å²) in [4.78, 5) is 13.9. The van der Waals surface area contributed by atoms with Crippen molar-refractivity contribution in [2.75, 3.05) is 32.8 Å². The van der Waals surface area contributed by atoms with E-state index in [0.717, 1.165) is 32.5 Å². The van der Waals surface area contributed by atoms with Gasteiger partial charge in [0.25, 0.3) is 0 Å². The second kappa shape index (κ2) is 8.48. The fraction of sp³-hybridized carbons (Fsp3) is 0.923. The van der Waals surface area contributed by atoms with E-state index >= 15 is 0 Å². The molecule has 0 aromatic heterocycles. The van der Waals surface area contributed by atoms with Gasteiger partial charge in [0.1, 0.15) is 0 Å². The lowest BCUT2D eigenvalue weighted by Gasteiger charge is -2.33. The van der Waals surface area contributed by atoms with Gasteiger partial charge in [-0.1, -0.05) is 20.3 Å². The van der Waals surface area contributed by atoms with Gasteiger partial charge in [0.2, 0.25) is 0 Å². The number of rotatable bonds is 7. The van der Waals surface area contributed by atoms with Crippen molar-refractivity contribution in [2.45, 2.75) is 45.6 Å². The van der Waals surface area contributed by atoms with Gasteiger partial charge in [-0.3, -0.25) is 9.69 Å². The van der Waals surface area contributed by atoms with Gasteiger partial charge < -0.3 is 10.1 Å². The summed E-state index contributed by atoms with van der Waals surface area (Å²) < 4.78 is 5.20. The highest BCUT2D eigenvalue weighted by atomic mass is 16.5. The molecule has 0 aromatic carbocycles. The van der Waals surface area contributed by atoms with Crippen LogP contribution in [0.15, 0.2) is 0 Å². The summed E-state index contributed by atoms with van der Waals surface area (Å²) in [6.45, 7) is 8.22. The fourth-order valence-electron chi connectivity index (χ4n) is 2.19. The van der Waals surface area contributed by atoms with Crippen molar-refractivity contribution in [3.05, 3.63) is 0 Å². The summed E-state index contributed by atoms with van der Waals surface area (Å²) >= 11 is 0. The monoisotopic (exact) mass is 242 g/mol. The first kappa shape index (κ1) is 14.5. The summed E-state index contributed by atoms with van der Waals surface area (Å²) in [6.07, 6.45) is 4.41. The molecule has 1 aliphatic heterocycles. The SMILES string of the molecule is CCCCOC(=O)CN(CC)C1CCCNC1. The number of nitrogens with one attached hydrogen (secondary N) is 1. The third-order valence-electron chi connectivity index (χ3n) is 3.29. The predicted octanol–water partition coefficient (Wildman–Crippen LogP) is 1.40. The first-order valence-corrected chi connectivity index (χ1v) is 6.88. The molecule has 1 rings (SSSR count). The van der Waals surface area contributed by atoms with Crippen LogP contribution >= 0.6 is 0 Å². The number of hydrogen-bond acceptors (Lipinski definition) is 4. The molecule has 100 valence electrons. The van der Waals surface area contributed by atoms with Crippen molar-refractivity contribution < 1.29 is 9.53 Å². The maximum Gasteiger partial charge on any atom is 0.320 e. The molecule has 1 atom stereocenters. The number of unbranched alkanes of at least 4 members (excludes halogenated alkanes) is 1. The molecule has 1 saturated heterocycles. The molecule has 1 fully saturated rings. The average Bonchev–Trinajstić information content (AvgIpc) is 2.37. The minimum absolute atomic E-state index is 0.0779. The quantitative estimate of drug-likeness (QED) is 0.541. The number of nitrogens with zero attached hydrogens (tertiary/aromatic N) is 1. The maximum absolute atomic E-state index is 11.6. The predicted molar refractivity (Wildman–Crippen MR) is 69.0 cm³/mol. The van der Waals surface area contributed by atoms with E-state index in [2.05, 4.69) is 24.1 Å². The van der Waals surface area contributed by atoms with Crippen LogP contribution in [0.3, 0.4) is 0 Å². The van der Waals surface area contributed by atoms with Gasteiger partial charge in [-0.05, 0) is 32.4 Å². The molecule has 0 amide bonds. The molecule has 1 aliphatic rings. The summed E-state index contributed by atoms with van der Waals surface area (Å²) in [6, 6.07) is 0.493. The van der Waals surface area contributed by atoms with Crippen LogP contribution in [0.1, 0.15) is 39.5 Å². The molecule has 1 unspecified atom stereocenters. The number of likely N-dealkylation sites (N-methyl/N-ethyl adjacent to an activating group) is 1. The molecule has 0 aliphatic carbocycles. The Morgan fingerprint density at radius 3 is 2.88 bits per heavy atom. The van der Waals surface area contributed by atoms with Crippen molar-refractivity contribution in [1.82, 2.24) is 10.2 Å². The van der Waals surface area contributed by atoms with E-state index in [1.807, 2.05) is 0 Å². The number of hydrogen-bond donors (Lipinski definition) is 1. The Kier molecular flexibility index (Phi) is 7.21. The number of ether oxygens (including phenoxy) is 1. The second-order valence-corrected chi connectivity index (χ2v) is 4.64. The van der Waals surface area contributed by atoms with Gasteiger partial charge >= 0.3 is 5.97 Å². The molecular weight excluding hydrogens is 216 g/mol. The zero-order chi connectivity index (χ0) is 12.5. The lowest BCUT2D eigenvalue weighted by molar-refractivity contribution is -0.145. The van der Waals surface area contributed by atoms with Crippen molar-refractivity contribution in [3.63, 3.8) is 0 Å². The number of piperidine rings is 1. The Bertz CT molecular complexity index is 215. The summed E-state index contributed by atoms with van der Waals surface area (Å²) in [5.74, 6) is -0.0779. The molecule has 1 N–H and O–H groups in total. The molecule has 0 saturated carbocycles. The second-order valence-electron chi connectivity index (χ2n) is 4.64. The first-order valence-electron chi connectivity index (χ1n) is 6.88. The summed E-state index contributed by atoms with van der Waals surface area (Å²) in [7, 11) is 0. The lowest BCUT2D eigenvalue weighted by Crippen LogP contribution is -2.48. The van der Waals surface area contributed by atoms with Gasteiger partial charge in [-0.25, -0.2) is 0 Å². The standard InChI is InChI=1S/C13H26N2O2/c1-3-5-9-17-13(16)11-15(4-2)12-7-6-8-14-10-12/h12,14H,3-11H2,1-2H3. The van der Waals surface area contributed by atoms with E-state index < -0.39 is 0 Å². The van der Waals surface area contributed by atoms with Gasteiger partial charge in [0, 0.05) is 12.6 Å². The Labute approximate surface area is 105 Å². The largest absolute Gasteiger partial charge is 0.465 e. The van der Waals surface area contributed by atoms with Crippen LogP contribution in [0.4, 0.5) is 0 Å². The molecule has 0 aromatic rings. The van der Waals surface area contributed by atoms with Crippen molar-refractivity contribution in [1.29, 1.82) is 0 Å². The highest BCUT2D eigenvalue weighted by Crippen LogP contribution is 2.10. The fourth-order valence-corrected chi connectivity index (χ4v) is 2.19. The van der Waals surface area contributed by atoms with Crippen LogP contribution in [0, 0.1) is 0 Å². The molecule has 17 heavy (non-hydrogen) atoms. The number of carbonyl (C=O) groups excluding carboxylic acids is 1. The van der Waals surface area contributed by atoms with Gasteiger partial charge in [-0.15, -0.1) is 0 Å². The molecule has 0 radical (unpaired) electrons. The topological polar surface area (TPSA) is 41.6 Å². The normalized spacial score (nSPS) is 20.5. The third-order valence-corrected chi connectivity index (χ3v) is 3.29. The molecular formula is C13H26N2O2. The Morgan fingerprint density at radius 2 is 2.29 bits per heavy atom. The van der Waals surface area contributed by atoms with Crippen LogP contribution in [-0.4, -0.2) is 49.7 Å². The van der Waals surface area contributed by atoms with E-state index in [1.165, 1.54) is 12.8 Å². The van der Waals surface area contributed by atoms with Crippen LogP contribution in [0.25, 0.3) is 0 Å². The van der Waals surface area contributed by atoms with E-state index in [1.54, 1.807) is 0 Å². The average molecular weight is 242 g/mol. The Balaban J connectivity index is 2.27.